The van der Waals surface area contributed by atoms with Crippen molar-refractivity contribution in [3.8, 4) is 6.07 Å². The van der Waals surface area contributed by atoms with Crippen molar-refractivity contribution in [2.45, 2.75) is 49.5 Å². The molecular weight excluding hydrogens is 524 g/mol. The van der Waals surface area contributed by atoms with Crippen molar-refractivity contribution in [2.75, 3.05) is 25.0 Å². The lowest BCUT2D eigenvalue weighted by Crippen LogP contribution is -2.42. The van der Waals surface area contributed by atoms with Crippen molar-refractivity contribution < 1.29 is 24.6 Å². The summed E-state index contributed by atoms with van der Waals surface area (Å²) in [5, 5.41) is 37.6. The number of β-amino-alcohol motifs (C(OH)–C–C–N with tert-alkyl or cyclic N) is 1. The summed E-state index contributed by atoms with van der Waals surface area (Å²) < 4.78 is 0. The van der Waals surface area contributed by atoms with Crippen molar-refractivity contribution in [1.29, 1.82) is 5.26 Å². The third-order valence-corrected chi connectivity index (χ3v) is 7.15. The fourth-order valence-electron chi connectivity index (χ4n) is 4.65. The summed E-state index contributed by atoms with van der Waals surface area (Å²) in [6.07, 6.45) is 4.22. The number of carbonyl (C=O) groups is 3. The van der Waals surface area contributed by atoms with E-state index in [-0.39, 0.29) is 37.3 Å². The molecule has 5 N–H and O–H groups in total. The maximum absolute atomic E-state index is 12.8. The second-order valence-corrected chi connectivity index (χ2v) is 10.3. The molecule has 2 atom stereocenters. The molecule has 1 fully saturated rings. The fourth-order valence-corrected chi connectivity index (χ4v) is 4.89. The van der Waals surface area contributed by atoms with Gasteiger partial charge in [0.1, 0.15) is 0 Å². The van der Waals surface area contributed by atoms with Gasteiger partial charge < -0.3 is 26.2 Å². The number of guanidine groups is 1. The van der Waals surface area contributed by atoms with E-state index in [0.717, 1.165) is 12.0 Å². The molecule has 2 aliphatic rings. The standard InChI is InChI=1S/C27H29ClN6O5/c28-20-5-16(4-19(9-20)27(15-29)2-1-3-27)17(8-24(37)38)7-22(35)12-31-25(39)18-6-21(11-30-10-18)34-26-32-13-23(36)14-33-26/h4-6,9-11,17,23,36H,1-3,7-8,12-14H2,(H,31,39)(H,37,38)(H2,32,33,34)/t17-/m0/s1. The smallest absolute Gasteiger partial charge is 0.303 e. The minimum atomic E-state index is -1.07. The molecule has 1 aliphatic carbocycles. The van der Waals surface area contributed by atoms with Gasteiger partial charge in [0, 0.05) is 30.1 Å². The first-order valence-electron chi connectivity index (χ1n) is 12.6. The first-order valence-corrected chi connectivity index (χ1v) is 13.0. The number of ketones is 1. The number of carbonyl (C=O) groups excluding carboxylic acids is 2. The number of pyridine rings is 1. The van der Waals surface area contributed by atoms with Crippen LogP contribution in [0.4, 0.5) is 5.69 Å². The predicted octanol–water partition coefficient (Wildman–Crippen LogP) is 2.36. The first kappa shape index (κ1) is 28.0. The van der Waals surface area contributed by atoms with E-state index in [1.165, 1.54) is 12.4 Å². The Morgan fingerprint density at radius 1 is 1.21 bits per heavy atom. The fraction of sp³-hybridized carbons (Fsp3) is 0.407. The number of nitrogens with zero attached hydrogens (tertiary/aromatic N) is 3. The Labute approximate surface area is 230 Å². The predicted molar refractivity (Wildman–Crippen MR) is 144 cm³/mol. The number of aliphatic hydroxyl groups is 1. The molecule has 1 aliphatic heterocycles. The average molecular weight is 553 g/mol. The second-order valence-electron chi connectivity index (χ2n) is 9.85. The number of Topliss-reactive ketones (excluding diaryl/α,β-unsaturated/α-hetero) is 1. The number of nitriles is 1. The molecule has 11 nitrogen and oxygen atoms in total. The van der Waals surface area contributed by atoms with Crippen molar-refractivity contribution in [3.63, 3.8) is 0 Å². The molecule has 1 aromatic carbocycles. The minimum Gasteiger partial charge on any atom is -0.481 e. The van der Waals surface area contributed by atoms with Crippen LogP contribution in [0.5, 0.6) is 0 Å². The van der Waals surface area contributed by atoms with Crippen molar-refractivity contribution in [2.24, 2.45) is 4.99 Å². The van der Waals surface area contributed by atoms with Gasteiger partial charge in [-0.15, -0.1) is 0 Å². The van der Waals surface area contributed by atoms with E-state index in [1.807, 2.05) is 0 Å². The zero-order chi connectivity index (χ0) is 28.0. The number of aliphatic imine (C=N–C) groups is 1. The Morgan fingerprint density at radius 2 is 2.00 bits per heavy atom. The Hall–Kier alpha value is -4.01. The van der Waals surface area contributed by atoms with Crippen LogP contribution in [0.15, 0.2) is 41.7 Å². The van der Waals surface area contributed by atoms with Gasteiger partial charge in [0.05, 0.1) is 54.5 Å². The molecular formula is C27H29ClN6O5. The molecule has 1 unspecified atom stereocenters. The minimum absolute atomic E-state index is 0.122. The molecule has 39 heavy (non-hydrogen) atoms. The zero-order valence-corrected chi connectivity index (χ0v) is 21.9. The number of hydrogen-bond donors (Lipinski definition) is 5. The Balaban J connectivity index is 1.39. The Kier molecular flexibility index (Phi) is 8.79. The highest BCUT2D eigenvalue weighted by molar-refractivity contribution is 6.30. The number of amides is 1. The molecule has 1 saturated carbocycles. The molecule has 0 bridgehead atoms. The lowest BCUT2D eigenvalue weighted by molar-refractivity contribution is -0.137. The van der Waals surface area contributed by atoms with E-state index in [0.29, 0.717) is 41.6 Å². The van der Waals surface area contributed by atoms with Crippen LogP contribution < -0.4 is 16.0 Å². The number of hydrogen-bond acceptors (Lipinski definition) is 9. The van der Waals surface area contributed by atoms with Gasteiger partial charge in [0.25, 0.3) is 5.91 Å². The normalized spacial score (nSPS) is 18.4. The largest absolute Gasteiger partial charge is 0.481 e. The van der Waals surface area contributed by atoms with Crippen molar-refractivity contribution >= 4 is 40.9 Å². The van der Waals surface area contributed by atoms with Crippen LogP contribution in [0.2, 0.25) is 5.02 Å². The topological polar surface area (TPSA) is 177 Å². The molecule has 1 amide bonds. The SMILES string of the molecule is N#CC1(c2cc(Cl)cc([C@H](CC(=O)O)CC(=O)CNC(=O)c3cncc(NC4=NCC(O)CN4)c3)c2)CCC1. The molecule has 0 radical (unpaired) electrons. The van der Waals surface area contributed by atoms with Gasteiger partial charge in [-0.3, -0.25) is 24.4 Å². The molecule has 204 valence electrons. The number of aromatic nitrogens is 1. The van der Waals surface area contributed by atoms with Crippen LogP contribution in [-0.4, -0.2) is 64.6 Å². The highest BCUT2D eigenvalue weighted by atomic mass is 35.5. The molecule has 1 aromatic heterocycles. The second kappa shape index (κ2) is 12.2. The van der Waals surface area contributed by atoms with Gasteiger partial charge in [0.2, 0.25) is 0 Å². The maximum atomic E-state index is 12.8. The van der Waals surface area contributed by atoms with Gasteiger partial charge in [-0.25, -0.2) is 0 Å². The van der Waals surface area contributed by atoms with Crippen LogP contribution in [0, 0.1) is 11.3 Å². The monoisotopic (exact) mass is 552 g/mol. The number of carboxylic acids is 1. The summed E-state index contributed by atoms with van der Waals surface area (Å²) in [6, 6.07) is 9.05. The third kappa shape index (κ3) is 7.10. The highest BCUT2D eigenvalue weighted by Crippen LogP contribution is 2.45. The number of aliphatic carboxylic acids is 1. The Bertz CT molecular complexity index is 1340. The van der Waals surface area contributed by atoms with E-state index in [4.69, 9.17) is 11.6 Å². The van der Waals surface area contributed by atoms with Crippen molar-refractivity contribution in [1.82, 2.24) is 15.6 Å². The van der Waals surface area contributed by atoms with Crippen LogP contribution in [-0.2, 0) is 15.0 Å². The molecule has 4 rings (SSSR count). The lowest BCUT2D eigenvalue weighted by atomic mass is 9.65. The third-order valence-electron chi connectivity index (χ3n) is 6.93. The Morgan fingerprint density at radius 3 is 2.64 bits per heavy atom. The molecule has 2 aromatic rings. The van der Waals surface area contributed by atoms with Crippen LogP contribution in [0.1, 0.15) is 59.5 Å². The first-order chi connectivity index (χ1) is 18.7. The highest BCUT2D eigenvalue weighted by Gasteiger charge is 2.39. The lowest BCUT2D eigenvalue weighted by Gasteiger charge is -2.36. The quantitative estimate of drug-likeness (QED) is 0.296. The van der Waals surface area contributed by atoms with Gasteiger partial charge in [0.15, 0.2) is 11.7 Å². The number of halogens is 1. The summed E-state index contributed by atoms with van der Waals surface area (Å²) in [7, 11) is 0. The van der Waals surface area contributed by atoms with Gasteiger partial charge in [-0.2, -0.15) is 5.26 Å². The van der Waals surface area contributed by atoms with E-state index in [2.05, 4.69) is 32.0 Å². The van der Waals surface area contributed by atoms with Crippen LogP contribution >= 0.6 is 11.6 Å². The van der Waals surface area contributed by atoms with E-state index in [9.17, 15) is 29.9 Å². The zero-order valence-electron chi connectivity index (χ0n) is 21.1. The summed E-state index contributed by atoms with van der Waals surface area (Å²) >= 11 is 6.33. The molecule has 0 spiro atoms. The van der Waals surface area contributed by atoms with Gasteiger partial charge in [-0.05, 0) is 48.6 Å². The molecule has 12 heteroatoms. The molecule has 0 saturated heterocycles. The maximum Gasteiger partial charge on any atom is 0.303 e. The molecule has 2 heterocycles. The summed E-state index contributed by atoms with van der Waals surface area (Å²) in [6.45, 7) is 0.304. The van der Waals surface area contributed by atoms with E-state index >= 15 is 0 Å². The van der Waals surface area contributed by atoms with Gasteiger partial charge in [-0.1, -0.05) is 17.7 Å². The van der Waals surface area contributed by atoms with E-state index < -0.39 is 29.3 Å². The average Bonchev–Trinajstić information content (AvgIpc) is 2.87. The number of anilines is 1. The van der Waals surface area contributed by atoms with Gasteiger partial charge >= 0.3 is 5.97 Å². The van der Waals surface area contributed by atoms with Crippen LogP contribution in [0.25, 0.3) is 0 Å². The summed E-state index contributed by atoms with van der Waals surface area (Å²) in [5.74, 6) is -2.16. The number of rotatable bonds is 10. The van der Waals surface area contributed by atoms with Crippen LogP contribution in [0.3, 0.4) is 0 Å². The van der Waals surface area contributed by atoms with Crippen molar-refractivity contribution in [3.05, 3.63) is 58.4 Å². The number of benzene rings is 1. The number of nitrogens with one attached hydrogen (secondary N) is 3. The number of aliphatic hydroxyl groups excluding tert-OH is 1. The van der Waals surface area contributed by atoms with E-state index in [1.54, 1.807) is 24.3 Å². The summed E-state index contributed by atoms with van der Waals surface area (Å²) in [4.78, 5) is 45.3. The number of carboxylic acid groups (broad SMARTS) is 1. The summed E-state index contributed by atoms with van der Waals surface area (Å²) in [5.41, 5.74) is 1.39.